The predicted octanol–water partition coefficient (Wildman–Crippen LogP) is 1.92. The quantitative estimate of drug-likeness (QED) is 0.729. The Hall–Kier alpha value is -1.77. The average Bonchev–Trinajstić information content (AvgIpc) is 2.34. The fraction of sp³-hybridized carbons (Fsp3) is 0.769. The Kier molecular flexibility index (Phi) is 8.34. The van der Waals surface area contributed by atoms with Crippen LogP contribution >= 0.6 is 0 Å². The maximum absolute atomic E-state index is 12.3. The third kappa shape index (κ3) is 6.65. The largest absolute Gasteiger partial charge is 0.481 e. The van der Waals surface area contributed by atoms with E-state index in [-0.39, 0.29) is 18.5 Å². The normalized spacial score (nSPS) is 10.1. The van der Waals surface area contributed by atoms with Crippen molar-refractivity contribution in [3.8, 4) is 6.07 Å². The van der Waals surface area contributed by atoms with Gasteiger partial charge in [0.2, 0.25) is 0 Å². The summed E-state index contributed by atoms with van der Waals surface area (Å²) < 4.78 is 0. The highest BCUT2D eigenvalue weighted by Gasteiger charge is 2.21. The van der Waals surface area contributed by atoms with Crippen LogP contribution in [0.1, 0.15) is 40.0 Å². The summed E-state index contributed by atoms with van der Waals surface area (Å²) in [5.74, 6) is -0.854. The van der Waals surface area contributed by atoms with Crippen molar-refractivity contribution in [2.24, 2.45) is 0 Å². The van der Waals surface area contributed by atoms with Gasteiger partial charge in [0.25, 0.3) is 0 Å². The lowest BCUT2D eigenvalue weighted by Crippen LogP contribution is -2.47. The van der Waals surface area contributed by atoms with Crippen LogP contribution in [0.25, 0.3) is 0 Å². The van der Waals surface area contributed by atoms with E-state index in [1.807, 2.05) is 26.8 Å². The molecule has 0 saturated heterocycles. The average molecular weight is 269 g/mol. The SMILES string of the molecule is CCN(CCC#N)C(=O)N(CCCC(=O)O)C(C)C. The third-order valence-corrected chi connectivity index (χ3v) is 2.80. The highest BCUT2D eigenvalue weighted by Crippen LogP contribution is 2.07. The Morgan fingerprint density at radius 2 is 1.95 bits per heavy atom. The van der Waals surface area contributed by atoms with Crippen LogP contribution in [0.5, 0.6) is 0 Å². The minimum atomic E-state index is -0.854. The fourth-order valence-electron chi connectivity index (χ4n) is 1.73. The van der Waals surface area contributed by atoms with Crippen LogP contribution < -0.4 is 0 Å². The van der Waals surface area contributed by atoms with Gasteiger partial charge in [0.15, 0.2) is 0 Å². The van der Waals surface area contributed by atoms with E-state index < -0.39 is 5.97 Å². The number of carboxylic acid groups (broad SMARTS) is 1. The summed E-state index contributed by atoms with van der Waals surface area (Å²) in [4.78, 5) is 26.1. The van der Waals surface area contributed by atoms with Gasteiger partial charge in [-0.05, 0) is 27.2 Å². The summed E-state index contributed by atoms with van der Waals surface area (Å²) in [5.41, 5.74) is 0. The lowest BCUT2D eigenvalue weighted by atomic mass is 10.2. The molecule has 2 amide bonds. The molecule has 0 aromatic rings. The number of hydrogen-bond acceptors (Lipinski definition) is 3. The summed E-state index contributed by atoms with van der Waals surface area (Å²) in [6.07, 6.45) is 0.802. The Bertz CT molecular complexity index is 337. The Balaban J connectivity index is 4.53. The molecule has 0 fully saturated rings. The van der Waals surface area contributed by atoms with Gasteiger partial charge in [-0.25, -0.2) is 4.79 Å². The van der Waals surface area contributed by atoms with Crippen molar-refractivity contribution in [1.82, 2.24) is 9.80 Å². The molecule has 0 heterocycles. The molecule has 6 heteroatoms. The lowest BCUT2D eigenvalue weighted by Gasteiger charge is -2.32. The Morgan fingerprint density at radius 1 is 1.32 bits per heavy atom. The molecule has 0 atom stereocenters. The summed E-state index contributed by atoms with van der Waals surface area (Å²) in [5, 5.41) is 17.2. The first kappa shape index (κ1) is 17.2. The van der Waals surface area contributed by atoms with Gasteiger partial charge in [-0.15, -0.1) is 0 Å². The predicted molar refractivity (Wildman–Crippen MR) is 71.6 cm³/mol. The van der Waals surface area contributed by atoms with Crippen molar-refractivity contribution in [2.75, 3.05) is 19.6 Å². The number of nitrogens with zero attached hydrogens (tertiary/aromatic N) is 3. The fourth-order valence-corrected chi connectivity index (χ4v) is 1.73. The zero-order valence-corrected chi connectivity index (χ0v) is 11.9. The number of carbonyl (C=O) groups excluding carboxylic acids is 1. The highest BCUT2D eigenvalue weighted by atomic mass is 16.4. The molecule has 0 unspecified atom stereocenters. The molecular formula is C13H23N3O3. The van der Waals surface area contributed by atoms with Gasteiger partial charge in [0, 0.05) is 32.1 Å². The molecule has 0 aliphatic heterocycles. The van der Waals surface area contributed by atoms with Gasteiger partial charge in [-0.2, -0.15) is 5.26 Å². The Labute approximate surface area is 114 Å². The topological polar surface area (TPSA) is 84.6 Å². The zero-order chi connectivity index (χ0) is 14.8. The second kappa shape index (κ2) is 9.20. The van der Waals surface area contributed by atoms with E-state index in [1.54, 1.807) is 9.80 Å². The van der Waals surface area contributed by atoms with Gasteiger partial charge in [0.05, 0.1) is 12.5 Å². The number of aliphatic carboxylic acids is 1. The van der Waals surface area contributed by atoms with E-state index >= 15 is 0 Å². The molecule has 0 spiro atoms. The number of carboxylic acids is 1. The molecule has 1 N–H and O–H groups in total. The number of nitriles is 1. The Morgan fingerprint density at radius 3 is 2.37 bits per heavy atom. The number of carbonyl (C=O) groups is 2. The standard InChI is InChI=1S/C13H23N3O3/c1-4-15(9-6-8-14)13(19)16(11(2)3)10-5-7-12(17)18/h11H,4-7,9-10H2,1-3H3,(H,17,18). The maximum atomic E-state index is 12.3. The van der Waals surface area contributed by atoms with Crippen molar-refractivity contribution in [3.63, 3.8) is 0 Å². The zero-order valence-electron chi connectivity index (χ0n) is 11.9. The van der Waals surface area contributed by atoms with E-state index in [4.69, 9.17) is 10.4 Å². The highest BCUT2D eigenvalue weighted by molar-refractivity contribution is 5.75. The second-order valence-corrected chi connectivity index (χ2v) is 4.55. The summed E-state index contributed by atoms with van der Waals surface area (Å²) >= 11 is 0. The van der Waals surface area contributed by atoms with Crippen molar-refractivity contribution in [3.05, 3.63) is 0 Å². The summed E-state index contributed by atoms with van der Waals surface area (Å²) in [6, 6.07) is 1.91. The summed E-state index contributed by atoms with van der Waals surface area (Å²) in [6.45, 7) is 7.04. The van der Waals surface area contributed by atoms with Crippen molar-refractivity contribution < 1.29 is 14.7 Å². The molecule has 0 aromatic heterocycles. The van der Waals surface area contributed by atoms with Gasteiger partial charge < -0.3 is 14.9 Å². The number of amides is 2. The molecule has 0 radical (unpaired) electrons. The number of rotatable bonds is 8. The van der Waals surface area contributed by atoms with Crippen LogP contribution in [0, 0.1) is 11.3 Å². The third-order valence-electron chi connectivity index (χ3n) is 2.80. The second-order valence-electron chi connectivity index (χ2n) is 4.55. The summed E-state index contributed by atoms with van der Waals surface area (Å²) in [7, 11) is 0. The molecule has 0 aromatic carbocycles. The molecule has 0 aliphatic rings. The van der Waals surface area contributed by atoms with E-state index in [1.165, 1.54) is 0 Å². The molecule has 108 valence electrons. The van der Waals surface area contributed by atoms with Gasteiger partial charge in [0.1, 0.15) is 0 Å². The molecule has 19 heavy (non-hydrogen) atoms. The van der Waals surface area contributed by atoms with E-state index in [2.05, 4.69) is 0 Å². The number of hydrogen-bond donors (Lipinski definition) is 1. The monoisotopic (exact) mass is 269 g/mol. The minimum absolute atomic E-state index is 0.0115. The molecule has 0 rings (SSSR count). The van der Waals surface area contributed by atoms with E-state index in [9.17, 15) is 9.59 Å². The van der Waals surface area contributed by atoms with E-state index in [0.717, 1.165) is 0 Å². The van der Waals surface area contributed by atoms with Crippen molar-refractivity contribution >= 4 is 12.0 Å². The van der Waals surface area contributed by atoms with Crippen molar-refractivity contribution in [1.29, 1.82) is 5.26 Å². The molecule has 6 nitrogen and oxygen atoms in total. The van der Waals surface area contributed by atoms with Gasteiger partial charge in [-0.1, -0.05) is 0 Å². The van der Waals surface area contributed by atoms with Crippen molar-refractivity contribution in [2.45, 2.75) is 46.1 Å². The van der Waals surface area contributed by atoms with Crippen LogP contribution in [0.4, 0.5) is 4.79 Å². The van der Waals surface area contributed by atoms with Crippen LogP contribution in [0.2, 0.25) is 0 Å². The molecule has 0 aliphatic carbocycles. The number of urea groups is 1. The smallest absolute Gasteiger partial charge is 0.320 e. The van der Waals surface area contributed by atoms with Gasteiger partial charge >= 0.3 is 12.0 Å². The molecular weight excluding hydrogens is 246 g/mol. The maximum Gasteiger partial charge on any atom is 0.320 e. The van der Waals surface area contributed by atoms with Gasteiger partial charge in [-0.3, -0.25) is 4.79 Å². The first-order chi connectivity index (χ1) is 8.93. The van der Waals surface area contributed by atoms with Crippen LogP contribution in [0.3, 0.4) is 0 Å². The first-order valence-corrected chi connectivity index (χ1v) is 6.58. The first-order valence-electron chi connectivity index (χ1n) is 6.58. The van der Waals surface area contributed by atoms with Crippen LogP contribution in [-0.4, -0.2) is 52.6 Å². The lowest BCUT2D eigenvalue weighted by molar-refractivity contribution is -0.137. The van der Waals surface area contributed by atoms with Crippen LogP contribution in [-0.2, 0) is 4.79 Å². The minimum Gasteiger partial charge on any atom is -0.481 e. The van der Waals surface area contributed by atoms with Crippen LogP contribution in [0.15, 0.2) is 0 Å². The van der Waals surface area contributed by atoms with E-state index in [0.29, 0.717) is 32.5 Å². The molecule has 0 saturated carbocycles. The molecule has 0 bridgehead atoms.